The lowest BCUT2D eigenvalue weighted by Crippen LogP contribution is -2.43. The molecular weight excluding hydrogens is 318 g/mol. The van der Waals surface area contributed by atoms with E-state index in [0.717, 1.165) is 18.4 Å². The summed E-state index contributed by atoms with van der Waals surface area (Å²) in [6.07, 6.45) is 1.90. The maximum atomic E-state index is 13.2. The zero-order chi connectivity index (χ0) is 18.3. The molecule has 136 valence electrons. The van der Waals surface area contributed by atoms with Gasteiger partial charge in [-0.25, -0.2) is 8.42 Å². The molecule has 24 heavy (non-hydrogen) atoms. The molecule has 1 aliphatic heterocycles. The van der Waals surface area contributed by atoms with Crippen LogP contribution in [0.2, 0.25) is 0 Å². The summed E-state index contributed by atoms with van der Waals surface area (Å²) in [7, 11) is -3.42. The summed E-state index contributed by atoms with van der Waals surface area (Å²) in [5.41, 5.74) is 1.28. The first kappa shape index (κ1) is 19.5. The molecular formula is C20H33NO2S. The highest BCUT2D eigenvalue weighted by Gasteiger charge is 2.41. The summed E-state index contributed by atoms with van der Waals surface area (Å²) >= 11 is 0. The number of benzene rings is 1. The number of sulfonamides is 1. The predicted octanol–water partition coefficient (Wildman–Crippen LogP) is 4.82. The normalized spacial score (nSPS) is 21.9. The molecule has 0 spiro atoms. The molecule has 1 heterocycles. The Morgan fingerprint density at radius 3 is 2.04 bits per heavy atom. The lowest BCUT2D eigenvalue weighted by Gasteiger charge is -2.36. The Kier molecular flexibility index (Phi) is 5.23. The van der Waals surface area contributed by atoms with E-state index in [-0.39, 0.29) is 16.9 Å². The minimum absolute atomic E-state index is 0.0270. The third-order valence-electron chi connectivity index (χ3n) is 5.52. The molecule has 0 aromatic heterocycles. The summed E-state index contributed by atoms with van der Waals surface area (Å²) in [6, 6.07) is 7.54. The third kappa shape index (κ3) is 3.85. The van der Waals surface area contributed by atoms with Crippen molar-refractivity contribution >= 4 is 10.0 Å². The molecule has 1 fully saturated rings. The van der Waals surface area contributed by atoms with E-state index in [2.05, 4.69) is 48.5 Å². The monoisotopic (exact) mass is 351 g/mol. The SMILES string of the molecule is C[C@@H]([C@@H]1CCCN1S(=O)(=O)c1ccc(C(C)(C)C)cc1)C(C)(C)C. The first-order valence-corrected chi connectivity index (χ1v) is 10.4. The molecule has 2 rings (SSSR count). The summed E-state index contributed by atoms with van der Waals surface area (Å²) in [4.78, 5) is 0.420. The van der Waals surface area contributed by atoms with E-state index >= 15 is 0 Å². The average molecular weight is 352 g/mol. The predicted molar refractivity (Wildman–Crippen MR) is 101 cm³/mol. The first-order chi connectivity index (χ1) is 10.8. The zero-order valence-corrected chi connectivity index (χ0v) is 17.1. The molecule has 1 aliphatic rings. The van der Waals surface area contributed by atoms with Gasteiger partial charge in [0.2, 0.25) is 10.0 Å². The lowest BCUT2D eigenvalue weighted by molar-refractivity contribution is 0.167. The molecule has 1 aromatic carbocycles. The van der Waals surface area contributed by atoms with Crippen LogP contribution in [0.15, 0.2) is 29.2 Å². The Morgan fingerprint density at radius 1 is 1.04 bits per heavy atom. The third-order valence-corrected chi connectivity index (χ3v) is 7.46. The van der Waals surface area contributed by atoms with Crippen LogP contribution in [0.1, 0.15) is 66.9 Å². The van der Waals surface area contributed by atoms with Crippen molar-refractivity contribution in [2.75, 3.05) is 6.54 Å². The van der Waals surface area contributed by atoms with E-state index in [4.69, 9.17) is 0 Å². The Balaban J connectivity index is 2.32. The zero-order valence-electron chi connectivity index (χ0n) is 16.3. The van der Waals surface area contributed by atoms with Crippen LogP contribution in [0.3, 0.4) is 0 Å². The van der Waals surface area contributed by atoms with Gasteiger partial charge in [0.15, 0.2) is 0 Å². The highest BCUT2D eigenvalue weighted by molar-refractivity contribution is 7.89. The van der Waals surface area contributed by atoms with Crippen molar-refractivity contribution in [2.45, 2.75) is 77.7 Å². The van der Waals surface area contributed by atoms with E-state index in [1.54, 1.807) is 16.4 Å². The van der Waals surface area contributed by atoms with Gasteiger partial charge in [0.25, 0.3) is 0 Å². The number of nitrogens with zero attached hydrogens (tertiary/aromatic N) is 1. The van der Waals surface area contributed by atoms with Gasteiger partial charge in [0.05, 0.1) is 4.90 Å². The summed E-state index contributed by atoms with van der Waals surface area (Å²) in [5.74, 6) is 0.323. The standard InChI is InChI=1S/C20H33NO2S/c1-15(19(2,3)4)18-9-8-14-21(18)24(22,23)17-12-10-16(11-13-17)20(5,6)7/h10-13,15,18H,8-9,14H2,1-7H3/t15-,18-/m0/s1. The molecule has 1 saturated heterocycles. The van der Waals surface area contributed by atoms with Crippen molar-refractivity contribution in [3.63, 3.8) is 0 Å². The minimum Gasteiger partial charge on any atom is -0.207 e. The Morgan fingerprint density at radius 2 is 1.58 bits per heavy atom. The molecule has 0 bridgehead atoms. The molecule has 0 saturated carbocycles. The van der Waals surface area contributed by atoms with Crippen molar-refractivity contribution in [3.8, 4) is 0 Å². The van der Waals surface area contributed by atoms with Crippen LogP contribution in [-0.2, 0) is 15.4 Å². The fourth-order valence-electron chi connectivity index (χ4n) is 3.40. The fraction of sp³-hybridized carbons (Fsp3) is 0.700. The van der Waals surface area contributed by atoms with Gasteiger partial charge in [-0.15, -0.1) is 0 Å². The van der Waals surface area contributed by atoms with Crippen LogP contribution in [0, 0.1) is 11.3 Å². The second-order valence-corrected chi connectivity index (χ2v) is 11.1. The van der Waals surface area contributed by atoms with Crippen molar-refractivity contribution in [2.24, 2.45) is 11.3 Å². The number of hydrogen-bond donors (Lipinski definition) is 0. The fourth-order valence-corrected chi connectivity index (χ4v) is 5.17. The van der Waals surface area contributed by atoms with Gasteiger partial charge < -0.3 is 0 Å². The van der Waals surface area contributed by atoms with E-state index in [0.29, 0.717) is 17.4 Å². The number of hydrogen-bond acceptors (Lipinski definition) is 2. The van der Waals surface area contributed by atoms with Gasteiger partial charge in [0.1, 0.15) is 0 Å². The van der Waals surface area contributed by atoms with E-state index in [1.165, 1.54) is 0 Å². The quantitative estimate of drug-likeness (QED) is 0.783. The lowest BCUT2D eigenvalue weighted by atomic mass is 9.77. The molecule has 0 aliphatic carbocycles. The van der Waals surface area contributed by atoms with E-state index in [9.17, 15) is 8.42 Å². The smallest absolute Gasteiger partial charge is 0.207 e. The van der Waals surface area contributed by atoms with E-state index < -0.39 is 10.0 Å². The Hall–Kier alpha value is -0.870. The van der Waals surface area contributed by atoms with Gasteiger partial charge in [-0.05, 0) is 47.3 Å². The minimum atomic E-state index is -3.42. The van der Waals surface area contributed by atoms with Crippen molar-refractivity contribution in [1.82, 2.24) is 4.31 Å². The average Bonchev–Trinajstić information content (AvgIpc) is 2.94. The molecule has 4 heteroatoms. The Labute approximate surface area is 148 Å². The molecule has 3 nitrogen and oxygen atoms in total. The number of rotatable bonds is 3. The van der Waals surface area contributed by atoms with Crippen LogP contribution in [0.4, 0.5) is 0 Å². The largest absolute Gasteiger partial charge is 0.243 e. The summed E-state index contributed by atoms with van der Waals surface area (Å²) in [5, 5.41) is 0. The first-order valence-electron chi connectivity index (χ1n) is 8.97. The second kappa shape index (κ2) is 6.45. The maximum Gasteiger partial charge on any atom is 0.243 e. The molecule has 0 unspecified atom stereocenters. The van der Waals surface area contributed by atoms with Crippen LogP contribution >= 0.6 is 0 Å². The van der Waals surface area contributed by atoms with Crippen molar-refractivity contribution < 1.29 is 8.42 Å². The molecule has 2 atom stereocenters. The van der Waals surface area contributed by atoms with Crippen molar-refractivity contribution in [3.05, 3.63) is 29.8 Å². The topological polar surface area (TPSA) is 37.4 Å². The van der Waals surface area contributed by atoms with Gasteiger partial charge in [-0.3, -0.25) is 0 Å². The molecule has 1 aromatic rings. The maximum absolute atomic E-state index is 13.2. The summed E-state index contributed by atoms with van der Waals surface area (Å²) in [6.45, 7) is 15.8. The Bertz CT molecular complexity index is 663. The van der Waals surface area contributed by atoms with Crippen LogP contribution in [0.5, 0.6) is 0 Å². The van der Waals surface area contributed by atoms with Gasteiger partial charge in [0, 0.05) is 12.6 Å². The molecule has 0 N–H and O–H groups in total. The van der Waals surface area contributed by atoms with Crippen molar-refractivity contribution in [1.29, 1.82) is 0 Å². The highest BCUT2D eigenvalue weighted by atomic mass is 32.2. The van der Waals surface area contributed by atoms with Crippen LogP contribution in [0.25, 0.3) is 0 Å². The second-order valence-electron chi connectivity index (χ2n) is 9.25. The van der Waals surface area contributed by atoms with Gasteiger partial charge in [-0.2, -0.15) is 4.31 Å². The highest BCUT2D eigenvalue weighted by Crippen LogP contribution is 2.38. The molecule has 0 amide bonds. The van der Waals surface area contributed by atoms with Gasteiger partial charge in [-0.1, -0.05) is 60.6 Å². The molecule has 0 radical (unpaired) electrons. The summed E-state index contributed by atoms with van der Waals surface area (Å²) < 4.78 is 28.1. The van der Waals surface area contributed by atoms with Crippen LogP contribution in [-0.4, -0.2) is 25.3 Å². The van der Waals surface area contributed by atoms with Crippen LogP contribution < -0.4 is 0 Å². The van der Waals surface area contributed by atoms with Gasteiger partial charge >= 0.3 is 0 Å². The van der Waals surface area contributed by atoms with E-state index in [1.807, 2.05) is 12.1 Å².